The Morgan fingerprint density at radius 2 is 1.62 bits per heavy atom. The number of benzene rings is 4. The summed E-state index contributed by atoms with van der Waals surface area (Å²) in [7, 11) is 3.26. The van der Waals surface area contributed by atoms with E-state index in [1.807, 2.05) is 91.0 Å². The van der Waals surface area contributed by atoms with Crippen LogP contribution in [0.2, 0.25) is 0 Å². The highest BCUT2D eigenvalue weighted by molar-refractivity contribution is 6.03. The van der Waals surface area contributed by atoms with Gasteiger partial charge in [-0.1, -0.05) is 60.7 Å². The van der Waals surface area contributed by atoms with Gasteiger partial charge in [-0.2, -0.15) is 0 Å². The average molecular weight is 532 g/mol. The molecule has 40 heavy (non-hydrogen) atoms. The van der Waals surface area contributed by atoms with Crippen LogP contribution in [0.5, 0.6) is 11.5 Å². The summed E-state index contributed by atoms with van der Waals surface area (Å²) in [4.78, 5) is 32.3. The van der Waals surface area contributed by atoms with E-state index in [4.69, 9.17) is 9.47 Å². The fourth-order valence-electron chi connectivity index (χ4n) is 5.45. The van der Waals surface area contributed by atoms with Gasteiger partial charge in [-0.25, -0.2) is 0 Å². The molecule has 1 aliphatic rings. The van der Waals surface area contributed by atoms with E-state index in [1.165, 1.54) is 0 Å². The summed E-state index contributed by atoms with van der Waals surface area (Å²) in [5.41, 5.74) is 6.16. The molecule has 0 aliphatic carbocycles. The van der Waals surface area contributed by atoms with E-state index in [1.54, 1.807) is 19.1 Å². The Balaban J connectivity index is 1.39. The van der Waals surface area contributed by atoms with Crippen LogP contribution in [-0.2, 0) is 11.3 Å². The first-order chi connectivity index (χ1) is 19.6. The SMILES string of the molecule is COc1ccc(CNC(=O)CN2C(=O)c3ccccc3[C@H]2c2c(-c3cccc(OC)c3)[nH]c3ccccc23)cc1. The zero-order valence-corrected chi connectivity index (χ0v) is 22.3. The Hall–Kier alpha value is -5.04. The van der Waals surface area contributed by atoms with Crippen LogP contribution in [0.25, 0.3) is 22.2 Å². The van der Waals surface area contributed by atoms with E-state index in [9.17, 15) is 9.59 Å². The van der Waals surface area contributed by atoms with Crippen LogP contribution >= 0.6 is 0 Å². The molecule has 1 aliphatic heterocycles. The fourth-order valence-corrected chi connectivity index (χ4v) is 5.45. The van der Waals surface area contributed by atoms with Gasteiger partial charge in [0.2, 0.25) is 5.91 Å². The maximum Gasteiger partial charge on any atom is 0.255 e. The van der Waals surface area contributed by atoms with Crippen molar-refractivity contribution < 1.29 is 19.1 Å². The van der Waals surface area contributed by atoms with Crippen LogP contribution in [-0.4, -0.2) is 42.5 Å². The van der Waals surface area contributed by atoms with Gasteiger partial charge in [0.1, 0.15) is 18.0 Å². The lowest BCUT2D eigenvalue weighted by Gasteiger charge is -2.26. The van der Waals surface area contributed by atoms with E-state index in [-0.39, 0.29) is 18.4 Å². The molecule has 7 heteroatoms. The first-order valence-corrected chi connectivity index (χ1v) is 13.1. The number of nitrogens with one attached hydrogen (secondary N) is 2. The molecule has 0 saturated carbocycles. The molecule has 7 nitrogen and oxygen atoms in total. The third kappa shape index (κ3) is 4.56. The number of methoxy groups -OCH3 is 2. The van der Waals surface area contributed by atoms with Gasteiger partial charge in [0.25, 0.3) is 5.91 Å². The van der Waals surface area contributed by atoms with Gasteiger partial charge in [-0.05, 0) is 47.5 Å². The van der Waals surface area contributed by atoms with Gasteiger partial charge in [-0.15, -0.1) is 0 Å². The van der Waals surface area contributed by atoms with E-state index in [2.05, 4.69) is 16.4 Å². The highest BCUT2D eigenvalue weighted by atomic mass is 16.5. The van der Waals surface area contributed by atoms with Crippen molar-refractivity contribution in [3.8, 4) is 22.8 Å². The number of carbonyl (C=O) groups is 2. The maximum absolute atomic E-state index is 13.8. The first-order valence-electron chi connectivity index (χ1n) is 13.1. The minimum atomic E-state index is -0.451. The minimum absolute atomic E-state index is 0.0780. The number of ether oxygens (including phenoxy) is 2. The number of nitrogens with zero attached hydrogens (tertiary/aromatic N) is 1. The molecule has 2 N–H and O–H groups in total. The van der Waals surface area contributed by atoms with Crippen molar-refractivity contribution in [3.05, 3.63) is 119 Å². The zero-order chi connectivity index (χ0) is 27.6. The third-order valence-electron chi connectivity index (χ3n) is 7.40. The second-order valence-corrected chi connectivity index (χ2v) is 9.74. The standard InChI is InChI=1S/C33H29N3O4/c1-39-23-16-14-21(15-17-23)19-34-29(37)20-36-32(25-10-3-4-11-26(25)33(36)38)30-27-12-5-6-13-28(27)35-31(30)22-8-7-9-24(18-22)40-2/h3-18,32,35H,19-20H2,1-2H3,(H,34,37)/t32-/m0/s1. The largest absolute Gasteiger partial charge is 0.497 e. The summed E-state index contributed by atoms with van der Waals surface area (Å²) in [6.07, 6.45) is 0. The number of aromatic amines is 1. The highest BCUT2D eigenvalue weighted by Gasteiger charge is 2.41. The second kappa shape index (κ2) is 10.6. The van der Waals surface area contributed by atoms with Crippen molar-refractivity contribution in [2.75, 3.05) is 20.8 Å². The second-order valence-electron chi connectivity index (χ2n) is 9.74. The molecule has 2 heterocycles. The van der Waals surface area contributed by atoms with Crippen molar-refractivity contribution in [3.63, 3.8) is 0 Å². The maximum atomic E-state index is 13.8. The summed E-state index contributed by atoms with van der Waals surface area (Å²) >= 11 is 0. The average Bonchev–Trinajstić information content (AvgIpc) is 3.51. The minimum Gasteiger partial charge on any atom is -0.497 e. The molecule has 0 unspecified atom stereocenters. The molecule has 5 aromatic rings. The Morgan fingerprint density at radius 3 is 2.42 bits per heavy atom. The van der Waals surface area contributed by atoms with Crippen molar-refractivity contribution in [2.24, 2.45) is 0 Å². The van der Waals surface area contributed by atoms with E-state index < -0.39 is 6.04 Å². The van der Waals surface area contributed by atoms with Gasteiger partial charge in [0.15, 0.2) is 0 Å². The molecule has 200 valence electrons. The lowest BCUT2D eigenvalue weighted by molar-refractivity contribution is -0.122. The Bertz CT molecular complexity index is 1710. The molecule has 6 rings (SSSR count). The number of carbonyl (C=O) groups excluding carboxylic acids is 2. The monoisotopic (exact) mass is 531 g/mol. The molecule has 0 radical (unpaired) electrons. The predicted molar refractivity (Wildman–Crippen MR) is 154 cm³/mol. The van der Waals surface area contributed by atoms with Crippen LogP contribution in [0.15, 0.2) is 97.1 Å². The number of amides is 2. The molecule has 0 saturated heterocycles. The highest BCUT2D eigenvalue weighted by Crippen LogP contribution is 2.45. The third-order valence-corrected chi connectivity index (χ3v) is 7.40. The summed E-state index contributed by atoms with van der Waals surface area (Å²) in [5.74, 6) is 1.09. The van der Waals surface area contributed by atoms with Crippen LogP contribution in [0.3, 0.4) is 0 Å². The zero-order valence-electron chi connectivity index (χ0n) is 22.3. The normalized spacial score (nSPS) is 14.3. The van der Waals surface area contributed by atoms with Gasteiger partial charge in [0.05, 0.1) is 26.0 Å². The Labute approximate surface area is 232 Å². The van der Waals surface area contributed by atoms with Crippen LogP contribution in [0, 0.1) is 0 Å². The number of hydrogen-bond acceptors (Lipinski definition) is 4. The van der Waals surface area contributed by atoms with E-state index >= 15 is 0 Å². The molecule has 4 aromatic carbocycles. The van der Waals surface area contributed by atoms with Crippen LogP contribution in [0.1, 0.15) is 33.1 Å². The molecule has 1 aromatic heterocycles. The van der Waals surface area contributed by atoms with Gasteiger partial charge in [-0.3, -0.25) is 9.59 Å². The van der Waals surface area contributed by atoms with Gasteiger partial charge >= 0.3 is 0 Å². The Kier molecular flexibility index (Phi) is 6.70. The van der Waals surface area contributed by atoms with Crippen molar-refractivity contribution in [1.82, 2.24) is 15.2 Å². The number of fused-ring (bicyclic) bond motifs is 2. The van der Waals surface area contributed by atoms with Crippen molar-refractivity contribution in [2.45, 2.75) is 12.6 Å². The topological polar surface area (TPSA) is 83.7 Å². The fraction of sp³-hybridized carbons (Fsp3) is 0.152. The molecule has 0 fully saturated rings. The molecule has 2 amide bonds. The lowest BCUT2D eigenvalue weighted by Crippen LogP contribution is -2.39. The number of H-pyrrole nitrogens is 1. The van der Waals surface area contributed by atoms with E-state index in [0.29, 0.717) is 12.1 Å². The summed E-state index contributed by atoms with van der Waals surface area (Å²) < 4.78 is 10.7. The van der Waals surface area contributed by atoms with Crippen molar-refractivity contribution in [1.29, 1.82) is 0 Å². The molecular weight excluding hydrogens is 502 g/mol. The lowest BCUT2D eigenvalue weighted by atomic mass is 9.93. The molecule has 0 bridgehead atoms. The summed E-state index contributed by atoms with van der Waals surface area (Å²) in [6, 6.07) is 30.6. The smallest absolute Gasteiger partial charge is 0.255 e. The first kappa shape index (κ1) is 25.2. The van der Waals surface area contributed by atoms with Crippen LogP contribution in [0.4, 0.5) is 0 Å². The number of aromatic nitrogens is 1. The summed E-state index contributed by atoms with van der Waals surface area (Å²) in [6.45, 7) is 0.274. The Morgan fingerprint density at radius 1 is 0.875 bits per heavy atom. The predicted octanol–water partition coefficient (Wildman–Crippen LogP) is 5.71. The van der Waals surface area contributed by atoms with Gasteiger partial charge in [0, 0.05) is 34.1 Å². The molecule has 1 atom stereocenters. The number of rotatable bonds is 8. The van der Waals surface area contributed by atoms with Gasteiger partial charge < -0.3 is 24.7 Å². The number of hydrogen-bond donors (Lipinski definition) is 2. The van der Waals surface area contributed by atoms with E-state index in [0.717, 1.165) is 50.3 Å². The van der Waals surface area contributed by atoms with Crippen LogP contribution < -0.4 is 14.8 Å². The molecular formula is C33H29N3O4. The quantitative estimate of drug-likeness (QED) is 0.269. The van der Waals surface area contributed by atoms with Crippen molar-refractivity contribution >= 4 is 22.7 Å². The summed E-state index contributed by atoms with van der Waals surface area (Å²) in [5, 5.41) is 3.98. The number of para-hydroxylation sites is 1. The molecule has 0 spiro atoms.